The highest BCUT2D eigenvalue weighted by molar-refractivity contribution is 7.90. The lowest BCUT2D eigenvalue weighted by Gasteiger charge is -2.41. The summed E-state index contributed by atoms with van der Waals surface area (Å²) in [4.78, 5) is 95.0. The van der Waals surface area contributed by atoms with Gasteiger partial charge in [0.05, 0.1) is 28.1 Å². The van der Waals surface area contributed by atoms with Gasteiger partial charge in [-0.25, -0.2) is 13.8 Å². The predicted molar refractivity (Wildman–Crippen MR) is 235 cm³/mol. The average molecular weight is 923 g/mol. The number of ketones is 1. The van der Waals surface area contributed by atoms with Crippen LogP contribution in [0.3, 0.4) is 0 Å². The van der Waals surface area contributed by atoms with Gasteiger partial charge in [-0.05, 0) is 55.7 Å². The smallest absolute Gasteiger partial charge is 0.301 e. The van der Waals surface area contributed by atoms with Gasteiger partial charge in [0.1, 0.15) is 17.5 Å². The Labute approximate surface area is 376 Å². The predicted octanol–water partition coefficient (Wildman–Crippen LogP) is 3.68. The van der Waals surface area contributed by atoms with Gasteiger partial charge < -0.3 is 15.2 Å². The molecule has 0 bridgehead atoms. The van der Waals surface area contributed by atoms with E-state index in [1.165, 1.54) is 13.2 Å². The first kappa shape index (κ1) is 44.2. The molecule has 6 heterocycles. The number of pyridine rings is 2. The Morgan fingerprint density at radius 1 is 0.924 bits per heavy atom. The van der Waals surface area contributed by atoms with E-state index in [1.807, 2.05) is 17.0 Å². The molecule has 3 fully saturated rings. The first-order chi connectivity index (χ1) is 31.6. The molecular formula is C45H44F2N10O8S. The van der Waals surface area contributed by atoms with E-state index in [1.54, 1.807) is 43.6 Å². The minimum Gasteiger partial charge on any atom is -0.382 e. The molecule has 3 aromatic heterocycles. The zero-order chi connectivity index (χ0) is 46.6. The van der Waals surface area contributed by atoms with Crippen LogP contribution in [0.1, 0.15) is 74.9 Å². The van der Waals surface area contributed by atoms with Crippen molar-refractivity contribution in [2.75, 3.05) is 49.8 Å². The third-order valence-corrected chi connectivity index (χ3v) is 14.3. The fourth-order valence-electron chi connectivity index (χ4n) is 8.80. The molecule has 1 atom stereocenters. The molecule has 2 aromatic carbocycles. The van der Waals surface area contributed by atoms with Crippen molar-refractivity contribution < 1.29 is 46.0 Å². The summed E-state index contributed by atoms with van der Waals surface area (Å²) in [6.45, 7) is 4.56. The second-order valence-corrected chi connectivity index (χ2v) is 18.6. The Balaban J connectivity index is 0.781. The van der Waals surface area contributed by atoms with E-state index in [0.29, 0.717) is 73.4 Å². The van der Waals surface area contributed by atoms with Gasteiger partial charge in [0.25, 0.3) is 11.8 Å². The number of hydrogen-bond acceptors (Lipinski definition) is 12. The van der Waals surface area contributed by atoms with Crippen molar-refractivity contribution in [1.82, 2.24) is 39.3 Å². The van der Waals surface area contributed by atoms with E-state index in [9.17, 15) is 37.2 Å². The van der Waals surface area contributed by atoms with E-state index in [2.05, 4.69) is 35.2 Å². The Hall–Kier alpha value is -6.97. The number of aromatic nitrogens is 3. The van der Waals surface area contributed by atoms with Crippen LogP contribution >= 0.6 is 0 Å². The zero-order valence-electron chi connectivity index (χ0n) is 35.8. The number of imide groups is 2. The molecule has 4 aliphatic rings. The number of nitrogens with one attached hydrogen (secondary N) is 4. The van der Waals surface area contributed by atoms with Crippen LogP contribution in [-0.2, 0) is 31.1 Å². The van der Waals surface area contributed by atoms with Gasteiger partial charge in [0.15, 0.2) is 5.82 Å². The van der Waals surface area contributed by atoms with Gasteiger partial charge in [-0.3, -0.25) is 53.6 Å². The average Bonchev–Trinajstić information content (AvgIpc) is 3.83. The largest absolute Gasteiger partial charge is 0.382 e. The lowest BCUT2D eigenvalue weighted by atomic mass is 9.79. The number of piperazine rings is 1. The highest BCUT2D eigenvalue weighted by Gasteiger charge is 2.46. The molecule has 21 heteroatoms. The fraction of sp³-hybridized carbons (Fsp3) is 0.333. The first-order valence-corrected chi connectivity index (χ1v) is 22.9. The number of nitrogens with zero attached hydrogens (tertiary/aromatic N) is 6. The number of aromatic amines is 1. The Morgan fingerprint density at radius 3 is 2.39 bits per heavy atom. The third kappa shape index (κ3) is 8.17. The summed E-state index contributed by atoms with van der Waals surface area (Å²) in [5, 5.41) is 5.84. The SMILES string of the molecule is CCN(C)S(=O)(=O)Nc1ccc(F)c(C(=O)c2c[nH]c3ncc(-c4ccc(CN5CCN(C(=O)C6CC(Nc7cccc8c7C(=O)N(C7CCC(=O)NC7=O)C8=O)C6)CC5)nc4)cc23)c1F. The molecule has 2 saturated heterocycles. The summed E-state index contributed by atoms with van der Waals surface area (Å²) in [5.74, 6) is -5.93. The maximum absolute atomic E-state index is 15.6. The van der Waals surface area contributed by atoms with Crippen LogP contribution in [0.2, 0.25) is 0 Å². The van der Waals surface area contributed by atoms with Crippen molar-refractivity contribution in [1.29, 1.82) is 0 Å². The quantitative estimate of drug-likeness (QED) is 0.0981. The molecule has 9 rings (SSSR count). The van der Waals surface area contributed by atoms with Gasteiger partial charge in [0, 0.05) is 111 Å². The summed E-state index contributed by atoms with van der Waals surface area (Å²) >= 11 is 0. The number of carbonyl (C=O) groups excluding carboxylic acids is 6. The standard InChI is InChI=1S/C45H44F2N10O8S/c1-3-54(2)66(64,65)53-34-10-9-32(46)38(39(34)47)40(59)31-22-50-41-30(31)19-26(21-49-41)24-7-8-27(48-20-24)23-55-13-15-56(16-14-55)43(61)25-17-28(18-25)51-33-6-4-5-29-37(33)45(63)57(44(29)62)35-11-12-36(58)52-42(35)60/h4-10,19-22,25,28,35,51,53H,3,11-18,23H2,1-2H3,(H,49,50)(H,52,58,60). The molecule has 1 unspecified atom stereocenters. The van der Waals surface area contributed by atoms with Crippen molar-refractivity contribution in [2.24, 2.45) is 5.92 Å². The third-order valence-electron chi connectivity index (χ3n) is 12.7. The van der Waals surface area contributed by atoms with Crippen molar-refractivity contribution in [2.45, 2.75) is 51.2 Å². The molecule has 18 nitrogen and oxygen atoms in total. The Morgan fingerprint density at radius 2 is 1.68 bits per heavy atom. The molecule has 5 amide bonds. The number of amides is 5. The lowest BCUT2D eigenvalue weighted by molar-refractivity contribution is -0.140. The van der Waals surface area contributed by atoms with Gasteiger partial charge >= 0.3 is 10.2 Å². The number of benzene rings is 2. The van der Waals surface area contributed by atoms with Gasteiger partial charge in [0.2, 0.25) is 23.5 Å². The van der Waals surface area contributed by atoms with E-state index in [0.717, 1.165) is 27.0 Å². The van der Waals surface area contributed by atoms with Crippen LogP contribution in [0.5, 0.6) is 0 Å². The van der Waals surface area contributed by atoms with Crippen LogP contribution in [0, 0.1) is 17.6 Å². The molecule has 1 aliphatic carbocycles. The number of rotatable bonds is 13. The molecule has 0 radical (unpaired) electrons. The zero-order valence-corrected chi connectivity index (χ0v) is 36.6. The van der Waals surface area contributed by atoms with Crippen LogP contribution in [0.4, 0.5) is 20.2 Å². The number of fused-ring (bicyclic) bond motifs is 2. The molecule has 342 valence electrons. The second-order valence-electron chi connectivity index (χ2n) is 16.8. The van der Waals surface area contributed by atoms with Crippen LogP contribution in [0.15, 0.2) is 67.1 Å². The van der Waals surface area contributed by atoms with Crippen LogP contribution in [-0.4, -0.2) is 130 Å². The van der Waals surface area contributed by atoms with E-state index < -0.39 is 68.5 Å². The van der Waals surface area contributed by atoms with E-state index in [-0.39, 0.29) is 53.9 Å². The molecule has 66 heavy (non-hydrogen) atoms. The highest BCUT2D eigenvalue weighted by Crippen LogP contribution is 2.37. The van der Waals surface area contributed by atoms with E-state index >= 15 is 8.78 Å². The number of carbonyl (C=O) groups is 6. The van der Waals surface area contributed by atoms with Gasteiger partial charge in [-0.15, -0.1) is 0 Å². The van der Waals surface area contributed by atoms with Gasteiger partial charge in [-0.2, -0.15) is 12.7 Å². The number of H-pyrrole nitrogens is 1. The number of piperidine rings is 1. The Kier molecular flexibility index (Phi) is 11.7. The molecule has 1 saturated carbocycles. The number of halogens is 2. The molecule has 5 aromatic rings. The van der Waals surface area contributed by atoms with Crippen molar-refractivity contribution >= 4 is 67.9 Å². The van der Waals surface area contributed by atoms with Crippen LogP contribution in [0.25, 0.3) is 22.2 Å². The summed E-state index contributed by atoms with van der Waals surface area (Å²) in [6, 6.07) is 10.9. The number of anilines is 2. The molecular weight excluding hydrogens is 879 g/mol. The topological polar surface area (TPSA) is 227 Å². The molecule has 4 N–H and O–H groups in total. The summed E-state index contributed by atoms with van der Waals surface area (Å²) in [7, 11) is -2.87. The maximum Gasteiger partial charge on any atom is 0.301 e. The lowest BCUT2D eigenvalue weighted by Crippen LogP contribution is -2.54. The Bertz CT molecular complexity index is 2950. The van der Waals surface area contributed by atoms with Crippen LogP contribution < -0.4 is 15.4 Å². The monoisotopic (exact) mass is 922 g/mol. The molecule has 0 spiro atoms. The molecule has 3 aliphatic heterocycles. The normalized spacial score (nSPS) is 20.1. The summed E-state index contributed by atoms with van der Waals surface area (Å²) in [5.41, 5.74) is 1.64. The highest BCUT2D eigenvalue weighted by atomic mass is 32.2. The summed E-state index contributed by atoms with van der Waals surface area (Å²) in [6.07, 6.45) is 5.75. The van der Waals surface area contributed by atoms with Crippen molar-refractivity contribution in [3.63, 3.8) is 0 Å². The van der Waals surface area contributed by atoms with Crippen molar-refractivity contribution in [3.05, 3.63) is 107 Å². The van der Waals surface area contributed by atoms with Crippen molar-refractivity contribution in [3.8, 4) is 11.1 Å². The second kappa shape index (κ2) is 17.4. The first-order valence-electron chi connectivity index (χ1n) is 21.4. The number of hydrogen-bond donors (Lipinski definition) is 4. The maximum atomic E-state index is 15.6. The minimum atomic E-state index is -4.16. The summed E-state index contributed by atoms with van der Waals surface area (Å²) < 4.78 is 58.8. The van der Waals surface area contributed by atoms with Gasteiger partial charge in [-0.1, -0.05) is 19.1 Å². The minimum absolute atomic E-state index is 0.0301. The fourth-order valence-corrected chi connectivity index (χ4v) is 9.74. The van der Waals surface area contributed by atoms with E-state index in [4.69, 9.17) is 0 Å².